The number of hydrogen-bond donors (Lipinski definition) is 2. The molecular weight excluding hydrogens is 276 g/mol. The molecule has 7 heteroatoms. The summed E-state index contributed by atoms with van der Waals surface area (Å²) in [6.45, 7) is 6.82. The number of piperidine rings is 1. The molecule has 0 aliphatic carbocycles. The minimum Gasteiger partial charge on any atom is -0.479 e. The van der Waals surface area contributed by atoms with Gasteiger partial charge in [-0.15, -0.1) is 0 Å². The average Bonchev–Trinajstić information content (AvgIpc) is 2.65. The first-order valence-corrected chi connectivity index (χ1v) is 7.03. The number of rotatable bonds is 2. The SMILES string of the molecule is CC1(C)CC(C(=O)O)(N2C(=O)CCC2=O)CC(C)(C)N1O. The van der Waals surface area contributed by atoms with Gasteiger partial charge in [0.15, 0.2) is 5.54 Å². The van der Waals surface area contributed by atoms with Crippen LogP contribution < -0.4 is 0 Å². The minimum absolute atomic E-state index is 0.00720. The van der Waals surface area contributed by atoms with Crippen molar-refractivity contribution in [2.75, 3.05) is 0 Å². The Balaban J connectivity index is 2.56. The Bertz CT molecular complexity index is 477. The molecule has 2 rings (SSSR count). The molecule has 0 unspecified atom stereocenters. The number of carboxylic acids is 1. The molecule has 2 aliphatic rings. The van der Waals surface area contributed by atoms with Gasteiger partial charge in [0, 0.05) is 36.8 Å². The molecule has 0 saturated carbocycles. The van der Waals surface area contributed by atoms with Crippen molar-refractivity contribution in [3.63, 3.8) is 0 Å². The molecule has 7 nitrogen and oxygen atoms in total. The van der Waals surface area contributed by atoms with Gasteiger partial charge in [-0.2, -0.15) is 5.06 Å². The first-order valence-electron chi connectivity index (χ1n) is 7.03. The van der Waals surface area contributed by atoms with Crippen molar-refractivity contribution in [2.24, 2.45) is 0 Å². The second kappa shape index (κ2) is 4.51. The molecule has 0 bridgehead atoms. The highest BCUT2D eigenvalue weighted by Crippen LogP contribution is 2.46. The molecule has 0 spiro atoms. The van der Waals surface area contributed by atoms with E-state index in [1.807, 2.05) is 0 Å². The van der Waals surface area contributed by atoms with E-state index in [0.717, 1.165) is 9.96 Å². The predicted molar refractivity (Wildman–Crippen MR) is 72.5 cm³/mol. The van der Waals surface area contributed by atoms with Crippen molar-refractivity contribution < 1.29 is 24.7 Å². The predicted octanol–water partition coefficient (Wildman–Crippen LogP) is 1.00. The third kappa shape index (κ3) is 2.24. The van der Waals surface area contributed by atoms with Gasteiger partial charge in [-0.25, -0.2) is 4.79 Å². The fraction of sp³-hybridized carbons (Fsp3) is 0.786. The van der Waals surface area contributed by atoms with Gasteiger partial charge >= 0.3 is 5.97 Å². The van der Waals surface area contributed by atoms with E-state index in [4.69, 9.17) is 0 Å². The third-order valence-corrected chi connectivity index (χ3v) is 4.47. The molecule has 21 heavy (non-hydrogen) atoms. The molecule has 118 valence electrons. The number of carbonyl (C=O) groups excluding carboxylic acids is 2. The Labute approximate surface area is 123 Å². The number of carbonyl (C=O) groups is 3. The van der Waals surface area contributed by atoms with Crippen molar-refractivity contribution in [1.29, 1.82) is 0 Å². The maximum atomic E-state index is 12.1. The Morgan fingerprint density at radius 3 is 1.71 bits per heavy atom. The summed E-state index contributed by atoms with van der Waals surface area (Å²) >= 11 is 0. The van der Waals surface area contributed by atoms with Crippen LogP contribution in [0.1, 0.15) is 53.4 Å². The van der Waals surface area contributed by atoms with Crippen LogP contribution in [-0.2, 0) is 14.4 Å². The Hall–Kier alpha value is -1.47. The fourth-order valence-corrected chi connectivity index (χ4v) is 3.92. The highest BCUT2D eigenvalue weighted by atomic mass is 16.5. The van der Waals surface area contributed by atoms with E-state index in [9.17, 15) is 24.7 Å². The van der Waals surface area contributed by atoms with Gasteiger partial charge in [0.2, 0.25) is 11.8 Å². The number of hydroxylamine groups is 2. The number of aliphatic carboxylic acids is 1. The lowest BCUT2D eigenvalue weighted by Crippen LogP contribution is -2.71. The van der Waals surface area contributed by atoms with Crippen LogP contribution in [0.25, 0.3) is 0 Å². The Kier molecular flexibility index (Phi) is 3.42. The molecule has 2 amide bonds. The van der Waals surface area contributed by atoms with Crippen LogP contribution in [0.2, 0.25) is 0 Å². The Morgan fingerprint density at radius 2 is 1.38 bits per heavy atom. The topological polar surface area (TPSA) is 98.2 Å². The highest BCUT2D eigenvalue weighted by Gasteiger charge is 2.62. The van der Waals surface area contributed by atoms with Crippen LogP contribution in [0.3, 0.4) is 0 Å². The summed E-state index contributed by atoms with van der Waals surface area (Å²) in [6, 6.07) is 0. The lowest BCUT2D eigenvalue weighted by Gasteiger charge is -2.56. The van der Waals surface area contributed by atoms with E-state index in [-0.39, 0.29) is 25.7 Å². The van der Waals surface area contributed by atoms with E-state index >= 15 is 0 Å². The minimum atomic E-state index is -1.60. The zero-order chi connectivity index (χ0) is 16.2. The summed E-state index contributed by atoms with van der Waals surface area (Å²) < 4.78 is 0. The van der Waals surface area contributed by atoms with Crippen molar-refractivity contribution in [3.05, 3.63) is 0 Å². The van der Waals surface area contributed by atoms with Crippen LogP contribution in [0, 0.1) is 0 Å². The number of imide groups is 1. The van der Waals surface area contributed by atoms with Gasteiger partial charge in [0.25, 0.3) is 0 Å². The van der Waals surface area contributed by atoms with Gasteiger partial charge in [0.1, 0.15) is 0 Å². The van der Waals surface area contributed by atoms with Crippen molar-refractivity contribution in [3.8, 4) is 0 Å². The van der Waals surface area contributed by atoms with Crippen LogP contribution >= 0.6 is 0 Å². The second-order valence-electron chi connectivity index (χ2n) is 7.25. The van der Waals surface area contributed by atoms with Crippen molar-refractivity contribution >= 4 is 17.8 Å². The molecule has 0 radical (unpaired) electrons. The van der Waals surface area contributed by atoms with Crippen molar-refractivity contribution in [1.82, 2.24) is 9.96 Å². The molecule has 2 N–H and O–H groups in total. The normalized spacial score (nSPS) is 28.0. The molecule has 2 saturated heterocycles. The summed E-state index contributed by atoms with van der Waals surface area (Å²) in [6.07, 6.45) is 0.0919. The summed E-state index contributed by atoms with van der Waals surface area (Å²) in [5, 5.41) is 21.2. The largest absolute Gasteiger partial charge is 0.479 e. The molecule has 0 aromatic heterocycles. The van der Waals surface area contributed by atoms with Crippen LogP contribution in [-0.4, -0.2) is 54.7 Å². The molecule has 2 aliphatic heterocycles. The smallest absolute Gasteiger partial charge is 0.330 e. The molecule has 0 aromatic rings. The number of amides is 2. The first-order chi connectivity index (χ1) is 9.44. The monoisotopic (exact) mass is 298 g/mol. The molecule has 2 heterocycles. The highest BCUT2D eigenvalue weighted by molar-refractivity contribution is 6.06. The summed E-state index contributed by atoms with van der Waals surface area (Å²) in [5.74, 6) is -2.08. The number of nitrogens with zero attached hydrogens (tertiary/aromatic N) is 2. The van der Waals surface area contributed by atoms with Gasteiger partial charge < -0.3 is 10.3 Å². The molecule has 0 atom stereocenters. The quantitative estimate of drug-likeness (QED) is 0.738. The molecule has 0 aromatic carbocycles. The molecule has 2 fully saturated rings. The van der Waals surface area contributed by atoms with Gasteiger partial charge in [-0.3, -0.25) is 14.5 Å². The van der Waals surface area contributed by atoms with E-state index in [1.165, 1.54) is 0 Å². The maximum absolute atomic E-state index is 12.1. The van der Waals surface area contributed by atoms with E-state index in [1.54, 1.807) is 27.7 Å². The Morgan fingerprint density at radius 1 is 1.00 bits per heavy atom. The first kappa shape index (κ1) is 15.9. The zero-order valence-corrected chi connectivity index (χ0v) is 12.8. The van der Waals surface area contributed by atoms with Crippen LogP contribution in [0.4, 0.5) is 0 Å². The summed E-state index contributed by atoms with van der Waals surface area (Å²) in [4.78, 5) is 37.0. The number of likely N-dealkylation sites (tertiary alicyclic amines) is 1. The van der Waals surface area contributed by atoms with E-state index in [2.05, 4.69) is 0 Å². The lowest BCUT2D eigenvalue weighted by atomic mass is 9.69. The summed E-state index contributed by atoms with van der Waals surface area (Å²) in [7, 11) is 0. The number of carboxylic acid groups (broad SMARTS) is 1. The van der Waals surface area contributed by atoms with E-state index < -0.39 is 34.4 Å². The lowest BCUT2D eigenvalue weighted by molar-refractivity contribution is -0.263. The average molecular weight is 298 g/mol. The zero-order valence-electron chi connectivity index (χ0n) is 12.8. The molecular formula is C14H22N2O5. The van der Waals surface area contributed by atoms with Gasteiger partial charge in [-0.1, -0.05) is 0 Å². The second-order valence-corrected chi connectivity index (χ2v) is 7.25. The number of hydrogen-bond acceptors (Lipinski definition) is 5. The van der Waals surface area contributed by atoms with Crippen LogP contribution in [0.15, 0.2) is 0 Å². The van der Waals surface area contributed by atoms with Crippen LogP contribution in [0.5, 0.6) is 0 Å². The fourth-order valence-electron chi connectivity index (χ4n) is 3.92. The van der Waals surface area contributed by atoms with Gasteiger partial charge in [-0.05, 0) is 27.7 Å². The third-order valence-electron chi connectivity index (χ3n) is 4.47. The van der Waals surface area contributed by atoms with E-state index in [0.29, 0.717) is 0 Å². The maximum Gasteiger partial charge on any atom is 0.330 e. The standard InChI is InChI=1S/C14H22N2O5/c1-12(2)7-14(11(19)20,8-13(3,4)16(12)21)15-9(17)5-6-10(15)18/h21H,5-8H2,1-4H3,(H,19,20). The van der Waals surface area contributed by atoms with Crippen molar-refractivity contribution in [2.45, 2.75) is 70.0 Å². The van der Waals surface area contributed by atoms with Gasteiger partial charge in [0.05, 0.1) is 0 Å². The summed E-state index contributed by atoms with van der Waals surface area (Å²) in [5.41, 5.74) is -3.34.